The minimum absolute atomic E-state index is 0.0352. The van der Waals surface area contributed by atoms with Crippen LogP contribution in [0.5, 0.6) is 0 Å². The lowest BCUT2D eigenvalue weighted by atomic mass is 9.99. The van der Waals surface area contributed by atoms with E-state index in [2.05, 4.69) is 38.0 Å². The molecule has 0 aliphatic rings. The van der Waals surface area contributed by atoms with Gasteiger partial charge in [-0.25, -0.2) is 0 Å². The molecule has 0 saturated heterocycles. The Hall–Kier alpha value is -1.58. The van der Waals surface area contributed by atoms with Crippen molar-refractivity contribution >= 4 is 11.6 Å². The third-order valence-corrected chi connectivity index (χ3v) is 3.64. The summed E-state index contributed by atoms with van der Waals surface area (Å²) in [7, 11) is 1.83. The maximum Gasteiger partial charge on any atom is 0.272 e. The van der Waals surface area contributed by atoms with Gasteiger partial charge >= 0.3 is 0 Å². The number of nitrogens with zero attached hydrogens (tertiary/aromatic N) is 2. The van der Waals surface area contributed by atoms with Gasteiger partial charge in [0.05, 0.1) is 0 Å². The minimum Gasteiger partial charge on any atom is -0.385 e. The molecule has 1 aromatic heterocycles. The Labute approximate surface area is 116 Å². The number of rotatable bonds is 6. The summed E-state index contributed by atoms with van der Waals surface area (Å²) in [5.41, 5.74) is 1.28. The summed E-state index contributed by atoms with van der Waals surface area (Å²) in [5.74, 6) is -0.0352. The quantitative estimate of drug-likeness (QED) is 0.857. The Morgan fingerprint density at radius 1 is 1.42 bits per heavy atom. The highest BCUT2D eigenvalue weighted by Crippen LogP contribution is 2.19. The highest BCUT2D eigenvalue weighted by molar-refractivity contribution is 5.93. The van der Waals surface area contributed by atoms with E-state index in [9.17, 15) is 4.79 Å². The zero-order valence-electron chi connectivity index (χ0n) is 12.7. The van der Waals surface area contributed by atoms with Gasteiger partial charge < -0.3 is 10.2 Å². The molecule has 0 saturated carbocycles. The molecule has 1 N–H and O–H groups in total. The molecule has 0 aromatic carbocycles. The van der Waals surface area contributed by atoms with Gasteiger partial charge in [0.25, 0.3) is 5.91 Å². The summed E-state index contributed by atoms with van der Waals surface area (Å²) in [6.45, 7) is 9.20. The van der Waals surface area contributed by atoms with E-state index in [0.717, 1.165) is 25.1 Å². The van der Waals surface area contributed by atoms with Crippen molar-refractivity contribution in [1.82, 2.24) is 9.88 Å². The predicted molar refractivity (Wildman–Crippen MR) is 79.5 cm³/mol. The van der Waals surface area contributed by atoms with Gasteiger partial charge in [0, 0.05) is 31.0 Å². The number of carbonyl (C=O) groups excluding carboxylic acids is 1. The Morgan fingerprint density at radius 3 is 2.68 bits per heavy atom. The molecule has 1 heterocycles. The Morgan fingerprint density at radius 2 is 2.11 bits per heavy atom. The molecule has 4 nitrogen and oxygen atoms in total. The van der Waals surface area contributed by atoms with Crippen LogP contribution in [-0.4, -0.2) is 34.9 Å². The van der Waals surface area contributed by atoms with Gasteiger partial charge in [-0.1, -0.05) is 13.8 Å². The molecule has 0 radical (unpaired) electrons. The maximum atomic E-state index is 12.4. The van der Waals surface area contributed by atoms with Gasteiger partial charge in [0.15, 0.2) is 0 Å². The van der Waals surface area contributed by atoms with E-state index in [0.29, 0.717) is 5.69 Å². The molecule has 1 amide bonds. The molecule has 0 fully saturated rings. The van der Waals surface area contributed by atoms with E-state index in [-0.39, 0.29) is 11.4 Å². The smallest absolute Gasteiger partial charge is 0.272 e. The SMILES string of the molecule is CCCNc1ccnc(C(=O)N(C)C(C)(C)CC)c1. The largest absolute Gasteiger partial charge is 0.385 e. The third-order valence-electron chi connectivity index (χ3n) is 3.64. The average molecular weight is 263 g/mol. The van der Waals surface area contributed by atoms with Crippen molar-refractivity contribution in [3.05, 3.63) is 24.0 Å². The fraction of sp³-hybridized carbons (Fsp3) is 0.600. The number of anilines is 1. The van der Waals surface area contributed by atoms with Crippen molar-refractivity contribution in [2.45, 2.75) is 46.1 Å². The fourth-order valence-electron chi connectivity index (χ4n) is 1.61. The van der Waals surface area contributed by atoms with E-state index >= 15 is 0 Å². The van der Waals surface area contributed by atoms with Crippen molar-refractivity contribution in [3.8, 4) is 0 Å². The van der Waals surface area contributed by atoms with Crippen LogP contribution in [0.2, 0.25) is 0 Å². The summed E-state index contributed by atoms with van der Waals surface area (Å²) in [6.07, 6.45) is 3.63. The molecule has 0 aliphatic heterocycles. The fourth-order valence-corrected chi connectivity index (χ4v) is 1.61. The molecule has 1 aromatic rings. The first-order valence-corrected chi connectivity index (χ1v) is 6.90. The summed E-state index contributed by atoms with van der Waals surface area (Å²) >= 11 is 0. The summed E-state index contributed by atoms with van der Waals surface area (Å²) in [4.78, 5) is 18.4. The molecule has 0 atom stereocenters. The molecule has 4 heteroatoms. The highest BCUT2D eigenvalue weighted by Gasteiger charge is 2.27. The molecular formula is C15H25N3O. The van der Waals surface area contributed by atoms with Crippen LogP contribution in [0.4, 0.5) is 5.69 Å². The van der Waals surface area contributed by atoms with E-state index in [1.165, 1.54) is 0 Å². The summed E-state index contributed by atoms with van der Waals surface area (Å²) in [6, 6.07) is 3.71. The van der Waals surface area contributed by atoms with Gasteiger partial charge in [-0.3, -0.25) is 9.78 Å². The lowest BCUT2D eigenvalue weighted by Gasteiger charge is -2.34. The minimum atomic E-state index is -0.161. The van der Waals surface area contributed by atoms with E-state index in [1.54, 1.807) is 11.1 Å². The van der Waals surface area contributed by atoms with Crippen molar-refractivity contribution in [1.29, 1.82) is 0 Å². The van der Waals surface area contributed by atoms with Crippen molar-refractivity contribution in [3.63, 3.8) is 0 Å². The van der Waals surface area contributed by atoms with Crippen LogP contribution in [0.25, 0.3) is 0 Å². The van der Waals surface area contributed by atoms with Crippen LogP contribution in [-0.2, 0) is 0 Å². The van der Waals surface area contributed by atoms with Crippen LogP contribution < -0.4 is 5.32 Å². The van der Waals surface area contributed by atoms with E-state index in [4.69, 9.17) is 0 Å². The van der Waals surface area contributed by atoms with Gasteiger partial charge in [0.2, 0.25) is 0 Å². The first-order valence-electron chi connectivity index (χ1n) is 6.90. The first-order chi connectivity index (χ1) is 8.92. The molecule has 106 valence electrons. The van der Waals surface area contributed by atoms with Crippen LogP contribution >= 0.6 is 0 Å². The van der Waals surface area contributed by atoms with Crippen molar-refractivity contribution in [2.75, 3.05) is 18.9 Å². The molecule has 0 bridgehead atoms. The number of amides is 1. The number of nitrogens with one attached hydrogen (secondary N) is 1. The highest BCUT2D eigenvalue weighted by atomic mass is 16.2. The normalized spacial score (nSPS) is 11.2. The zero-order chi connectivity index (χ0) is 14.5. The first kappa shape index (κ1) is 15.5. The second-order valence-electron chi connectivity index (χ2n) is 5.39. The number of pyridine rings is 1. The van der Waals surface area contributed by atoms with Crippen molar-refractivity contribution < 1.29 is 4.79 Å². The molecule has 0 spiro atoms. The lowest BCUT2D eigenvalue weighted by Crippen LogP contribution is -2.44. The zero-order valence-corrected chi connectivity index (χ0v) is 12.7. The van der Waals surface area contributed by atoms with Crippen LogP contribution in [0.1, 0.15) is 51.0 Å². The van der Waals surface area contributed by atoms with Gasteiger partial charge in [0.1, 0.15) is 5.69 Å². The number of hydrogen-bond donors (Lipinski definition) is 1. The third kappa shape index (κ3) is 3.94. The number of carbonyl (C=O) groups is 1. The number of hydrogen-bond acceptors (Lipinski definition) is 3. The molecule has 0 aliphatic carbocycles. The Kier molecular flexibility index (Phi) is 5.33. The maximum absolute atomic E-state index is 12.4. The van der Waals surface area contributed by atoms with Crippen LogP contribution in [0, 0.1) is 0 Å². The second kappa shape index (κ2) is 6.55. The molecule has 0 unspecified atom stereocenters. The van der Waals surface area contributed by atoms with E-state index in [1.807, 2.05) is 19.2 Å². The molecular weight excluding hydrogens is 238 g/mol. The second-order valence-corrected chi connectivity index (χ2v) is 5.39. The lowest BCUT2D eigenvalue weighted by molar-refractivity contribution is 0.0614. The van der Waals surface area contributed by atoms with Gasteiger partial charge in [-0.2, -0.15) is 0 Å². The summed E-state index contributed by atoms with van der Waals surface area (Å²) in [5, 5.41) is 3.27. The average Bonchev–Trinajstić information content (AvgIpc) is 2.43. The van der Waals surface area contributed by atoms with Crippen LogP contribution in [0.15, 0.2) is 18.3 Å². The Balaban J connectivity index is 2.88. The molecule has 19 heavy (non-hydrogen) atoms. The molecule has 1 rings (SSSR count). The predicted octanol–water partition coefficient (Wildman–Crippen LogP) is 3.16. The standard InChI is InChI=1S/C15H25N3O/c1-6-9-16-12-8-10-17-13(11-12)14(19)18(5)15(3,4)7-2/h8,10-11H,6-7,9H2,1-5H3,(H,16,17). The summed E-state index contributed by atoms with van der Waals surface area (Å²) < 4.78 is 0. The van der Waals surface area contributed by atoms with Gasteiger partial charge in [-0.05, 0) is 38.8 Å². The van der Waals surface area contributed by atoms with Gasteiger partial charge in [-0.15, -0.1) is 0 Å². The topological polar surface area (TPSA) is 45.2 Å². The van der Waals surface area contributed by atoms with E-state index < -0.39 is 0 Å². The Bertz CT molecular complexity index is 429. The van der Waals surface area contributed by atoms with Crippen molar-refractivity contribution in [2.24, 2.45) is 0 Å². The van der Waals surface area contributed by atoms with Crippen LogP contribution in [0.3, 0.4) is 0 Å². The number of aromatic nitrogens is 1. The monoisotopic (exact) mass is 263 g/mol.